The smallest absolute Gasteiger partial charge is 0.398 e. The standard InChI is InChI=1S/C28H70O9Si8/c1-22-23-24-38(8,9)31-39(10,11)32-40(12,13)33-41(14,15)34-42(16,17)35-43(18,19)36-44(20,21)37-45(26(4)5,27(6)7)30-28(29)25(2)3/h26-27H,2,22-24H2,1,3-21H3. The van der Waals surface area contributed by atoms with Crippen LogP contribution in [0.4, 0.5) is 0 Å². The second kappa shape index (κ2) is 16.6. The van der Waals surface area contributed by atoms with Gasteiger partial charge in [0.15, 0.2) is 8.32 Å². The summed E-state index contributed by atoms with van der Waals surface area (Å²) in [6.45, 7) is 45.2. The van der Waals surface area contributed by atoms with Crippen molar-refractivity contribution in [3.8, 4) is 0 Å². The number of hydrogen-bond acceptors (Lipinski definition) is 9. The largest absolute Gasteiger partial charge is 0.491 e. The van der Waals surface area contributed by atoms with Gasteiger partial charge in [-0.1, -0.05) is 54.0 Å². The number of unbranched alkanes of at least 4 members (excludes halogenated alkanes) is 1. The van der Waals surface area contributed by atoms with Gasteiger partial charge in [0.1, 0.15) is 0 Å². The molecule has 0 unspecified atom stereocenters. The first kappa shape index (κ1) is 45.7. The lowest BCUT2D eigenvalue weighted by Crippen LogP contribution is -2.63. The molecule has 9 nitrogen and oxygen atoms in total. The molecule has 0 aliphatic rings. The van der Waals surface area contributed by atoms with Crippen molar-refractivity contribution in [3.05, 3.63) is 12.2 Å². The van der Waals surface area contributed by atoms with Crippen molar-refractivity contribution < 1.29 is 38.0 Å². The van der Waals surface area contributed by atoms with Gasteiger partial charge in [-0.25, -0.2) is 4.79 Å². The SMILES string of the molecule is C=C(C)C(=O)O[Si](O[Si](C)(C)O[Si](C)(C)O[Si](C)(C)O[Si](C)(C)O[Si](C)(C)O[Si](C)(C)O[Si](C)(C)CCCC)(C(C)C)C(C)C. The Balaban J connectivity index is 5.74. The van der Waals surface area contributed by atoms with Crippen LogP contribution >= 0.6 is 0 Å². The van der Waals surface area contributed by atoms with Crippen LogP contribution < -0.4 is 0 Å². The molecule has 0 aliphatic carbocycles. The molecule has 0 aliphatic heterocycles. The number of carbonyl (C=O) groups is 1. The summed E-state index contributed by atoms with van der Waals surface area (Å²) >= 11 is 0. The van der Waals surface area contributed by atoms with E-state index in [1.165, 1.54) is 12.8 Å². The summed E-state index contributed by atoms with van der Waals surface area (Å²) in [4.78, 5) is 12.7. The Kier molecular flexibility index (Phi) is 16.8. The highest BCUT2D eigenvalue weighted by atomic mass is 28.5. The molecule has 0 aromatic heterocycles. The molecule has 0 aromatic carbocycles. The number of hydrogen-bond donors (Lipinski definition) is 0. The molecule has 45 heavy (non-hydrogen) atoms. The zero-order valence-electron chi connectivity index (χ0n) is 32.7. The third-order valence-electron chi connectivity index (χ3n) is 6.73. The molecule has 0 bridgehead atoms. The van der Waals surface area contributed by atoms with Crippen LogP contribution in [-0.4, -0.2) is 74.2 Å². The third-order valence-corrected chi connectivity index (χ3v) is 39.1. The van der Waals surface area contributed by atoms with Crippen molar-refractivity contribution >= 4 is 74.2 Å². The minimum absolute atomic E-state index is 0.0258. The quantitative estimate of drug-likeness (QED) is 0.0835. The molecule has 0 amide bonds. The van der Waals surface area contributed by atoms with Gasteiger partial charge in [-0.05, 0) is 105 Å². The van der Waals surface area contributed by atoms with Gasteiger partial charge in [-0.2, -0.15) is 0 Å². The molecule has 0 fully saturated rings. The number of rotatable bonds is 21. The van der Waals surface area contributed by atoms with E-state index in [1.807, 2.05) is 39.3 Å². The van der Waals surface area contributed by atoms with Crippen LogP contribution in [-0.2, 0) is 38.0 Å². The van der Waals surface area contributed by atoms with E-state index < -0.39 is 74.2 Å². The van der Waals surface area contributed by atoms with E-state index in [2.05, 4.69) is 93.6 Å². The van der Waals surface area contributed by atoms with E-state index in [0.717, 1.165) is 6.04 Å². The summed E-state index contributed by atoms with van der Waals surface area (Å²) in [5, 5.41) is 0. The second-order valence-corrected chi connectivity index (χ2v) is 46.7. The van der Waals surface area contributed by atoms with Gasteiger partial charge in [0.25, 0.3) is 0 Å². The molecule has 0 saturated heterocycles. The topological polar surface area (TPSA) is 90.9 Å². The average molecular weight is 776 g/mol. The highest BCUT2D eigenvalue weighted by molar-refractivity contribution is 6.92. The van der Waals surface area contributed by atoms with Crippen molar-refractivity contribution in [3.63, 3.8) is 0 Å². The summed E-state index contributed by atoms with van der Waals surface area (Å²) < 4.78 is 53.5. The number of carbonyl (C=O) groups excluding carboxylic acids is 1. The lowest BCUT2D eigenvalue weighted by Gasteiger charge is -2.45. The monoisotopic (exact) mass is 774 g/mol. The fourth-order valence-electron chi connectivity index (χ4n) is 6.18. The molecule has 0 spiro atoms. The van der Waals surface area contributed by atoms with Crippen LogP contribution in [0.3, 0.4) is 0 Å². The van der Waals surface area contributed by atoms with Crippen molar-refractivity contribution in [2.45, 2.75) is 163 Å². The van der Waals surface area contributed by atoms with Crippen LogP contribution in [0.15, 0.2) is 12.2 Å². The molecule has 0 N–H and O–H groups in total. The van der Waals surface area contributed by atoms with Crippen molar-refractivity contribution in [1.82, 2.24) is 0 Å². The average Bonchev–Trinajstić information content (AvgIpc) is 2.70. The molecule has 0 saturated carbocycles. The fourth-order valence-corrected chi connectivity index (χ4v) is 47.4. The van der Waals surface area contributed by atoms with Crippen LogP contribution in [0.25, 0.3) is 0 Å². The maximum atomic E-state index is 12.7. The van der Waals surface area contributed by atoms with Crippen molar-refractivity contribution in [1.29, 1.82) is 0 Å². The van der Waals surface area contributed by atoms with E-state index in [9.17, 15) is 4.79 Å². The molecular weight excluding hydrogens is 705 g/mol. The molecule has 0 rings (SSSR count). The van der Waals surface area contributed by atoms with Crippen molar-refractivity contribution in [2.75, 3.05) is 0 Å². The molecule has 268 valence electrons. The molecule has 0 heterocycles. The Morgan fingerprint density at radius 2 is 0.844 bits per heavy atom. The van der Waals surface area contributed by atoms with Gasteiger partial charge in [-0.15, -0.1) is 0 Å². The molecule has 17 heteroatoms. The predicted molar refractivity (Wildman–Crippen MR) is 207 cm³/mol. The maximum Gasteiger partial charge on any atom is 0.398 e. The van der Waals surface area contributed by atoms with E-state index in [-0.39, 0.29) is 11.1 Å². The summed E-state index contributed by atoms with van der Waals surface area (Å²) in [5.41, 5.74) is 0.414. The third kappa shape index (κ3) is 17.2. The Morgan fingerprint density at radius 1 is 0.556 bits per heavy atom. The Hall–Kier alpha value is 0.665. The van der Waals surface area contributed by atoms with Crippen molar-refractivity contribution in [2.24, 2.45) is 0 Å². The molecular formula is C28H70O9Si8. The lowest BCUT2D eigenvalue weighted by atomic mass is 10.4. The van der Waals surface area contributed by atoms with E-state index >= 15 is 0 Å². The van der Waals surface area contributed by atoms with Gasteiger partial charge in [0.2, 0.25) is 0 Å². The second-order valence-electron chi connectivity index (χ2n) is 16.2. The lowest BCUT2D eigenvalue weighted by molar-refractivity contribution is -0.132. The summed E-state index contributed by atoms with van der Waals surface area (Å²) in [7, 11) is -20.8. The van der Waals surface area contributed by atoms with Gasteiger partial charge in [0, 0.05) is 16.7 Å². The molecule has 0 radical (unpaired) electrons. The summed E-state index contributed by atoms with van der Waals surface area (Å²) in [6.07, 6.45) is 2.36. The van der Waals surface area contributed by atoms with E-state index in [4.69, 9.17) is 33.2 Å². The normalized spacial score (nSPS) is 14.8. The zero-order chi connectivity index (χ0) is 36.1. The summed E-state index contributed by atoms with van der Waals surface area (Å²) in [5.74, 6) is -0.411. The minimum atomic E-state index is -3.03. The predicted octanol–water partition coefficient (Wildman–Crippen LogP) is 9.70. The Bertz CT molecular complexity index is 975. The Labute approximate surface area is 286 Å². The maximum absolute atomic E-state index is 12.7. The first-order valence-corrected chi connectivity index (χ1v) is 38.5. The van der Waals surface area contributed by atoms with Crippen LogP contribution in [0.1, 0.15) is 54.4 Å². The highest BCUT2D eigenvalue weighted by Crippen LogP contribution is 2.39. The zero-order valence-corrected chi connectivity index (χ0v) is 40.7. The van der Waals surface area contributed by atoms with Gasteiger partial charge in [0.05, 0.1) is 0 Å². The molecule has 0 atom stereocenters. The first-order valence-electron chi connectivity index (χ1n) is 16.5. The van der Waals surface area contributed by atoms with E-state index in [1.54, 1.807) is 6.92 Å². The van der Waals surface area contributed by atoms with Crippen LogP contribution in [0.5, 0.6) is 0 Å². The van der Waals surface area contributed by atoms with Crippen LogP contribution in [0.2, 0.25) is 109 Å². The van der Waals surface area contributed by atoms with Gasteiger partial charge < -0.3 is 33.2 Å². The molecule has 0 aromatic rings. The highest BCUT2D eigenvalue weighted by Gasteiger charge is 2.55. The Morgan fingerprint density at radius 3 is 1.11 bits per heavy atom. The fraction of sp³-hybridized carbons (Fsp3) is 0.893. The van der Waals surface area contributed by atoms with Crippen LogP contribution in [0, 0.1) is 0 Å². The first-order chi connectivity index (χ1) is 19.7. The van der Waals surface area contributed by atoms with E-state index in [0.29, 0.717) is 5.57 Å². The summed E-state index contributed by atoms with van der Waals surface area (Å²) in [6, 6.07) is 1.14. The minimum Gasteiger partial charge on any atom is -0.491 e. The van der Waals surface area contributed by atoms with Gasteiger partial charge in [-0.3, -0.25) is 0 Å². The van der Waals surface area contributed by atoms with Gasteiger partial charge >= 0.3 is 65.9 Å².